The average Bonchev–Trinajstić information content (AvgIpc) is 2.44. The van der Waals surface area contributed by atoms with E-state index in [0.29, 0.717) is 18.8 Å². The summed E-state index contributed by atoms with van der Waals surface area (Å²) in [6.07, 6.45) is 1.34. The Labute approximate surface area is 100 Å². The normalized spacial score (nSPS) is 12.1. The summed E-state index contributed by atoms with van der Waals surface area (Å²) in [5.41, 5.74) is 0.0239. The summed E-state index contributed by atoms with van der Waals surface area (Å²) in [6.45, 7) is 4.31. The molecule has 0 bridgehead atoms. The number of aliphatic hydroxyl groups is 1. The van der Waals surface area contributed by atoms with E-state index >= 15 is 0 Å². The number of likely N-dealkylation sites (N-methyl/N-ethyl adjacent to an activating group) is 1. The summed E-state index contributed by atoms with van der Waals surface area (Å²) in [6, 6.07) is 0. The molecule has 1 aromatic rings. The number of carbonyl (C=O) groups is 1. The Morgan fingerprint density at radius 1 is 1.59 bits per heavy atom. The molecule has 0 aliphatic heterocycles. The molecule has 0 amide bonds. The van der Waals surface area contributed by atoms with Crippen molar-refractivity contribution in [2.45, 2.75) is 26.0 Å². The van der Waals surface area contributed by atoms with Crippen molar-refractivity contribution in [3.63, 3.8) is 0 Å². The van der Waals surface area contributed by atoms with Crippen LogP contribution in [0.25, 0.3) is 0 Å². The van der Waals surface area contributed by atoms with E-state index in [1.807, 2.05) is 11.9 Å². The molecule has 1 heterocycles. The van der Waals surface area contributed by atoms with Crippen molar-refractivity contribution in [3.8, 4) is 0 Å². The maximum absolute atomic E-state index is 11.0. The van der Waals surface area contributed by atoms with Crippen LogP contribution in [0.3, 0.4) is 0 Å². The van der Waals surface area contributed by atoms with Crippen molar-refractivity contribution in [1.82, 2.24) is 14.7 Å². The molecule has 0 saturated heterocycles. The maximum atomic E-state index is 11.0. The van der Waals surface area contributed by atoms with Gasteiger partial charge in [-0.3, -0.25) is 9.58 Å². The van der Waals surface area contributed by atoms with Crippen LogP contribution in [0.15, 0.2) is 6.20 Å². The summed E-state index contributed by atoms with van der Waals surface area (Å²) in [5, 5.41) is 22.6. The number of hydrogen-bond acceptors (Lipinski definition) is 4. The molecule has 0 saturated carbocycles. The Balaban J connectivity index is 2.81. The van der Waals surface area contributed by atoms with E-state index in [1.165, 1.54) is 6.20 Å². The molecule has 0 atom stereocenters. The highest BCUT2D eigenvalue weighted by Crippen LogP contribution is 2.12. The topological polar surface area (TPSA) is 78.6 Å². The molecule has 0 aliphatic rings. The second-order valence-corrected chi connectivity index (χ2v) is 4.92. The van der Waals surface area contributed by atoms with Crippen molar-refractivity contribution in [1.29, 1.82) is 0 Å². The van der Waals surface area contributed by atoms with Crippen LogP contribution in [0, 0.1) is 0 Å². The molecule has 1 aromatic heterocycles. The first kappa shape index (κ1) is 13.7. The molecule has 2 N–H and O–H groups in total. The quantitative estimate of drug-likeness (QED) is 0.776. The highest BCUT2D eigenvalue weighted by molar-refractivity contribution is 5.88. The SMILES string of the molecule is CN(Cc1c(C(=O)O)cnn1C)CC(C)(C)O. The minimum Gasteiger partial charge on any atom is -0.478 e. The van der Waals surface area contributed by atoms with Gasteiger partial charge in [0, 0.05) is 20.1 Å². The average molecular weight is 241 g/mol. The standard InChI is InChI=1S/C11H19N3O3/c1-11(2,17)7-13(3)6-9-8(10(15)16)5-12-14(9)4/h5,17H,6-7H2,1-4H3,(H,15,16). The van der Waals surface area contributed by atoms with Gasteiger partial charge in [-0.05, 0) is 20.9 Å². The highest BCUT2D eigenvalue weighted by Gasteiger charge is 2.20. The predicted octanol–water partition coefficient (Wildman–Crippen LogP) is 0.321. The molecule has 96 valence electrons. The lowest BCUT2D eigenvalue weighted by atomic mass is 10.1. The fourth-order valence-corrected chi connectivity index (χ4v) is 1.80. The molecule has 6 nitrogen and oxygen atoms in total. The third-order valence-corrected chi connectivity index (χ3v) is 2.37. The van der Waals surface area contributed by atoms with Gasteiger partial charge >= 0.3 is 5.97 Å². The minimum atomic E-state index is -0.982. The summed E-state index contributed by atoms with van der Waals surface area (Å²) in [7, 11) is 3.54. The summed E-state index contributed by atoms with van der Waals surface area (Å²) < 4.78 is 1.55. The summed E-state index contributed by atoms with van der Waals surface area (Å²) in [4.78, 5) is 12.8. The maximum Gasteiger partial charge on any atom is 0.339 e. The molecule has 0 fully saturated rings. The van der Waals surface area contributed by atoms with E-state index in [0.717, 1.165) is 0 Å². The third kappa shape index (κ3) is 3.83. The second-order valence-electron chi connectivity index (χ2n) is 4.92. The molecular formula is C11H19N3O3. The summed E-state index contributed by atoms with van der Waals surface area (Å²) in [5.74, 6) is -0.982. The Hall–Kier alpha value is -1.40. The molecule has 6 heteroatoms. The van der Waals surface area contributed by atoms with Crippen molar-refractivity contribution < 1.29 is 15.0 Å². The van der Waals surface area contributed by atoms with Crippen LogP contribution >= 0.6 is 0 Å². The zero-order valence-electron chi connectivity index (χ0n) is 10.6. The Bertz CT molecular complexity index is 407. The number of carboxylic acids is 1. The van der Waals surface area contributed by atoms with Crippen LogP contribution < -0.4 is 0 Å². The van der Waals surface area contributed by atoms with Gasteiger partial charge in [0.25, 0.3) is 0 Å². The van der Waals surface area contributed by atoms with Crippen molar-refractivity contribution in [2.24, 2.45) is 7.05 Å². The first-order valence-corrected chi connectivity index (χ1v) is 5.36. The second kappa shape index (κ2) is 4.85. The fourth-order valence-electron chi connectivity index (χ4n) is 1.80. The zero-order chi connectivity index (χ0) is 13.2. The zero-order valence-corrected chi connectivity index (χ0v) is 10.6. The van der Waals surface area contributed by atoms with Crippen LogP contribution in [0.4, 0.5) is 0 Å². The predicted molar refractivity (Wildman–Crippen MR) is 62.8 cm³/mol. The van der Waals surface area contributed by atoms with E-state index in [9.17, 15) is 9.90 Å². The van der Waals surface area contributed by atoms with Gasteiger partial charge in [-0.15, -0.1) is 0 Å². The number of nitrogens with zero attached hydrogens (tertiary/aromatic N) is 3. The fraction of sp³-hybridized carbons (Fsp3) is 0.636. The van der Waals surface area contributed by atoms with Crippen molar-refractivity contribution >= 4 is 5.97 Å². The number of hydrogen-bond donors (Lipinski definition) is 2. The smallest absolute Gasteiger partial charge is 0.339 e. The van der Waals surface area contributed by atoms with E-state index < -0.39 is 11.6 Å². The van der Waals surface area contributed by atoms with Crippen LogP contribution in [0.5, 0.6) is 0 Å². The Morgan fingerprint density at radius 3 is 2.65 bits per heavy atom. The number of aromatic nitrogens is 2. The third-order valence-electron chi connectivity index (χ3n) is 2.37. The van der Waals surface area contributed by atoms with Gasteiger partial charge in [-0.2, -0.15) is 5.10 Å². The van der Waals surface area contributed by atoms with Crippen LogP contribution in [0.2, 0.25) is 0 Å². The van der Waals surface area contributed by atoms with Crippen molar-refractivity contribution in [2.75, 3.05) is 13.6 Å². The lowest BCUT2D eigenvalue weighted by molar-refractivity contribution is 0.0417. The van der Waals surface area contributed by atoms with E-state index in [1.54, 1.807) is 25.6 Å². The molecule has 0 spiro atoms. The molecule has 0 radical (unpaired) electrons. The van der Waals surface area contributed by atoms with E-state index in [4.69, 9.17) is 5.11 Å². The number of aromatic carboxylic acids is 1. The first-order chi connectivity index (χ1) is 7.70. The molecule has 1 rings (SSSR count). The van der Waals surface area contributed by atoms with Gasteiger partial charge in [0.1, 0.15) is 5.56 Å². The molecular weight excluding hydrogens is 222 g/mol. The van der Waals surface area contributed by atoms with E-state index in [-0.39, 0.29) is 5.56 Å². The van der Waals surface area contributed by atoms with Crippen molar-refractivity contribution in [3.05, 3.63) is 17.5 Å². The number of carboxylic acid groups (broad SMARTS) is 1. The van der Waals surface area contributed by atoms with Gasteiger partial charge in [0.15, 0.2) is 0 Å². The highest BCUT2D eigenvalue weighted by atomic mass is 16.4. The van der Waals surface area contributed by atoms with Gasteiger partial charge in [0.2, 0.25) is 0 Å². The van der Waals surface area contributed by atoms with Gasteiger partial charge in [0.05, 0.1) is 17.5 Å². The molecule has 0 aliphatic carbocycles. The van der Waals surface area contributed by atoms with Gasteiger partial charge < -0.3 is 10.2 Å². The first-order valence-electron chi connectivity index (χ1n) is 5.36. The van der Waals surface area contributed by atoms with Gasteiger partial charge in [-0.25, -0.2) is 4.79 Å². The Kier molecular flexibility index (Phi) is 3.90. The summed E-state index contributed by atoms with van der Waals surface area (Å²) >= 11 is 0. The molecule has 0 aromatic carbocycles. The molecule has 0 unspecified atom stereocenters. The van der Waals surface area contributed by atoms with Crippen LogP contribution in [-0.2, 0) is 13.6 Å². The minimum absolute atomic E-state index is 0.204. The van der Waals surface area contributed by atoms with E-state index in [2.05, 4.69) is 5.10 Å². The van der Waals surface area contributed by atoms with Crippen LogP contribution in [-0.4, -0.2) is 50.1 Å². The molecule has 17 heavy (non-hydrogen) atoms. The monoisotopic (exact) mass is 241 g/mol. The van der Waals surface area contributed by atoms with Crippen LogP contribution in [0.1, 0.15) is 29.9 Å². The lowest BCUT2D eigenvalue weighted by Crippen LogP contribution is -2.36. The van der Waals surface area contributed by atoms with Gasteiger partial charge in [-0.1, -0.05) is 0 Å². The largest absolute Gasteiger partial charge is 0.478 e. The Morgan fingerprint density at radius 2 is 2.18 bits per heavy atom. The number of aryl methyl sites for hydroxylation is 1. The number of rotatable bonds is 5. The lowest BCUT2D eigenvalue weighted by Gasteiger charge is -2.25.